The summed E-state index contributed by atoms with van der Waals surface area (Å²) < 4.78 is 0. The Bertz CT molecular complexity index is 579. The maximum Gasteiger partial charge on any atom is 0.0667 e. The summed E-state index contributed by atoms with van der Waals surface area (Å²) in [5.74, 6) is 0.697. The average molecular weight is 280 g/mol. The van der Waals surface area contributed by atoms with E-state index >= 15 is 0 Å². The second kappa shape index (κ2) is 6.31. The van der Waals surface area contributed by atoms with E-state index in [4.69, 9.17) is 0 Å². The predicted octanol–water partition coefficient (Wildman–Crippen LogP) is 3.65. The number of anilines is 1. The topological polar surface area (TPSA) is 15.3 Å². The first-order chi connectivity index (χ1) is 10.3. The molecule has 2 aromatic carbocycles. The number of benzene rings is 2. The number of hydrogen-bond acceptors (Lipinski definition) is 2. The van der Waals surface area contributed by atoms with Crippen molar-refractivity contribution >= 4 is 5.69 Å². The molecule has 0 aliphatic carbocycles. The maximum absolute atomic E-state index is 3.37. The molecule has 0 amide bonds. The highest BCUT2D eigenvalue weighted by Gasteiger charge is 2.27. The van der Waals surface area contributed by atoms with Crippen molar-refractivity contribution in [3.8, 4) is 0 Å². The predicted molar refractivity (Wildman–Crippen MR) is 89.8 cm³/mol. The van der Waals surface area contributed by atoms with E-state index in [1.54, 1.807) is 0 Å². The third kappa shape index (κ3) is 2.96. The third-order valence-electron chi connectivity index (χ3n) is 4.34. The van der Waals surface area contributed by atoms with Gasteiger partial charge in [-0.05, 0) is 36.6 Å². The monoisotopic (exact) mass is 280 g/mol. The molecule has 0 aromatic heterocycles. The lowest BCUT2D eigenvalue weighted by Crippen LogP contribution is -2.41. The van der Waals surface area contributed by atoms with Crippen LogP contribution in [0.4, 0.5) is 5.69 Å². The van der Waals surface area contributed by atoms with Gasteiger partial charge in [-0.15, -0.1) is 0 Å². The summed E-state index contributed by atoms with van der Waals surface area (Å²) in [6.45, 7) is 4.44. The van der Waals surface area contributed by atoms with Crippen LogP contribution in [-0.2, 0) is 6.42 Å². The molecule has 21 heavy (non-hydrogen) atoms. The molecule has 3 rings (SSSR count). The highest BCUT2D eigenvalue weighted by molar-refractivity contribution is 5.57. The van der Waals surface area contributed by atoms with Crippen molar-refractivity contribution in [3.63, 3.8) is 0 Å². The summed E-state index contributed by atoms with van der Waals surface area (Å²) in [6.07, 6.45) is 1.19. The fraction of sp³-hybridized carbons (Fsp3) is 0.368. The SMILES string of the molecule is CNCC(c1ccccc1)N1CC(C)Cc2ccccc21. The van der Waals surface area contributed by atoms with Crippen LogP contribution < -0.4 is 10.2 Å². The van der Waals surface area contributed by atoms with Crippen molar-refractivity contribution in [2.75, 3.05) is 25.0 Å². The summed E-state index contributed by atoms with van der Waals surface area (Å²) in [6, 6.07) is 20.1. The average Bonchev–Trinajstić information content (AvgIpc) is 2.52. The molecule has 1 heterocycles. The van der Waals surface area contributed by atoms with Gasteiger partial charge in [0.1, 0.15) is 0 Å². The minimum atomic E-state index is 0.389. The standard InChI is InChI=1S/C19H24N2/c1-15-12-17-10-6-7-11-18(17)21(14-15)19(13-20-2)16-8-4-3-5-9-16/h3-11,15,19-20H,12-14H2,1-2H3. The Morgan fingerprint density at radius 1 is 1.10 bits per heavy atom. The minimum absolute atomic E-state index is 0.389. The van der Waals surface area contributed by atoms with Gasteiger partial charge in [-0.2, -0.15) is 0 Å². The quantitative estimate of drug-likeness (QED) is 0.919. The first-order valence-corrected chi connectivity index (χ1v) is 7.83. The molecule has 1 N–H and O–H groups in total. The van der Waals surface area contributed by atoms with E-state index in [0.29, 0.717) is 12.0 Å². The van der Waals surface area contributed by atoms with Crippen LogP contribution in [0.1, 0.15) is 24.1 Å². The van der Waals surface area contributed by atoms with E-state index in [-0.39, 0.29) is 0 Å². The van der Waals surface area contributed by atoms with Crippen molar-refractivity contribution in [3.05, 3.63) is 65.7 Å². The highest BCUT2D eigenvalue weighted by atomic mass is 15.2. The van der Waals surface area contributed by atoms with E-state index in [1.807, 2.05) is 7.05 Å². The lowest BCUT2D eigenvalue weighted by atomic mass is 9.91. The van der Waals surface area contributed by atoms with E-state index in [1.165, 1.54) is 23.2 Å². The smallest absolute Gasteiger partial charge is 0.0667 e. The van der Waals surface area contributed by atoms with Gasteiger partial charge in [0.2, 0.25) is 0 Å². The highest BCUT2D eigenvalue weighted by Crippen LogP contribution is 2.35. The molecule has 1 aliphatic heterocycles. The van der Waals surface area contributed by atoms with E-state index in [0.717, 1.165) is 13.1 Å². The van der Waals surface area contributed by atoms with Gasteiger partial charge in [-0.1, -0.05) is 55.5 Å². The number of nitrogens with zero attached hydrogens (tertiary/aromatic N) is 1. The molecule has 0 bridgehead atoms. The van der Waals surface area contributed by atoms with Crippen molar-refractivity contribution in [2.45, 2.75) is 19.4 Å². The van der Waals surface area contributed by atoms with Crippen molar-refractivity contribution in [1.29, 1.82) is 0 Å². The van der Waals surface area contributed by atoms with Crippen molar-refractivity contribution in [2.24, 2.45) is 5.92 Å². The lowest BCUT2D eigenvalue weighted by Gasteiger charge is -2.40. The molecule has 0 saturated heterocycles. The first-order valence-electron chi connectivity index (χ1n) is 7.83. The van der Waals surface area contributed by atoms with Gasteiger partial charge in [0.15, 0.2) is 0 Å². The van der Waals surface area contributed by atoms with Crippen LogP contribution >= 0.6 is 0 Å². The van der Waals surface area contributed by atoms with Gasteiger partial charge < -0.3 is 10.2 Å². The number of likely N-dealkylation sites (N-methyl/N-ethyl adjacent to an activating group) is 1. The zero-order valence-corrected chi connectivity index (χ0v) is 12.9. The van der Waals surface area contributed by atoms with Crippen LogP contribution in [0, 0.1) is 5.92 Å². The second-order valence-electron chi connectivity index (χ2n) is 6.07. The molecule has 0 saturated carbocycles. The number of rotatable bonds is 4. The van der Waals surface area contributed by atoms with Crippen LogP contribution in [0.15, 0.2) is 54.6 Å². The van der Waals surface area contributed by atoms with Crippen molar-refractivity contribution < 1.29 is 0 Å². The Balaban J connectivity index is 2.00. The van der Waals surface area contributed by atoms with E-state index in [9.17, 15) is 0 Å². The molecule has 0 spiro atoms. The summed E-state index contributed by atoms with van der Waals surface area (Å²) in [5, 5.41) is 3.37. The fourth-order valence-electron chi connectivity index (χ4n) is 3.41. The molecule has 2 unspecified atom stereocenters. The zero-order valence-electron chi connectivity index (χ0n) is 12.9. The number of para-hydroxylation sites is 1. The van der Waals surface area contributed by atoms with Crippen molar-refractivity contribution in [1.82, 2.24) is 5.32 Å². The molecule has 0 fully saturated rings. The molecule has 2 heteroatoms. The van der Waals surface area contributed by atoms with Crippen LogP contribution in [-0.4, -0.2) is 20.1 Å². The zero-order chi connectivity index (χ0) is 14.7. The fourth-order valence-corrected chi connectivity index (χ4v) is 3.41. The molecular formula is C19H24N2. The Morgan fingerprint density at radius 2 is 1.81 bits per heavy atom. The number of fused-ring (bicyclic) bond motifs is 1. The molecular weight excluding hydrogens is 256 g/mol. The Labute approximate surface area is 127 Å². The molecule has 2 atom stereocenters. The Kier molecular flexibility index (Phi) is 4.26. The van der Waals surface area contributed by atoms with Crippen LogP contribution in [0.25, 0.3) is 0 Å². The summed E-state index contributed by atoms with van der Waals surface area (Å²) in [7, 11) is 2.04. The molecule has 2 nitrogen and oxygen atoms in total. The van der Waals surface area contributed by atoms with Gasteiger partial charge in [-0.3, -0.25) is 0 Å². The number of hydrogen-bond donors (Lipinski definition) is 1. The maximum atomic E-state index is 3.37. The Morgan fingerprint density at radius 3 is 2.57 bits per heavy atom. The van der Waals surface area contributed by atoms with E-state index < -0.39 is 0 Å². The van der Waals surface area contributed by atoms with E-state index in [2.05, 4.69) is 71.7 Å². The van der Waals surface area contributed by atoms with Gasteiger partial charge in [0, 0.05) is 18.8 Å². The largest absolute Gasteiger partial charge is 0.363 e. The van der Waals surface area contributed by atoms with Gasteiger partial charge >= 0.3 is 0 Å². The summed E-state index contributed by atoms with van der Waals surface area (Å²) in [4.78, 5) is 2.58. The van der Waals surface area contributed by atoms with Crippen LogP contribution in [0.3, 0.4) is 0 Å². The first kappa shape index (κ1) is 14.2. The second-order valence-corrected chi connectivity index (χ2v) is 6.07. The lowest BCUT2D eigenvalue weighted by molar-refractivity contribution is 0.477. The van der Waals surface area contributed by atoms with Gasteiger partial charge in [0.05, 0.1) is 6.04 Å². The summed E-state index contributed by atoms with van der Waals surface area (Å²) >= 11 is 0. The van der Waals surface area contributed by atoms with Crippen LogP contribution in [0.2, 0.25) is 0 Å². The normalized spacial score (nSPS) is 19.1. The molecule has 0 radical (unpaired) electrons. The van der Waals surface area contributed by atoms with Gasteiger partial charge in [0.25, 0.3) is 0 Å². The molecule has 110 valence electrons. The van der Waals surface area contributed by atoms with Gasteiger partial charge in [-0.25, -0.2) is 0 Å². The Hall–Kier alpha value is -1.80. The summed E-state index contributed by atoms with van der Waals surface area (Å²) in [5.41, 5.74) is 4.27. The molecule has 1 aliphatic rings. The minimum Gasteiger partial charge on any atom is -0.363 e. The third-order valence-corrected chi connectivity index (χ3v) is 4.34. The molecule has 2 aromatic rings. The van der Waals surface area contributed by atoms with Crippen LogP contribution in [0.5, 0.6) is 0 Å². The number of nitrogens with one attached hydrogen (secondary N) is 1.